The third-order valence-electron chi connectivity index (χ3n) is 6.96. The van der Waals surface area contributed by atoms with Crippen molar-refractivity contribution in [3.8, 4) is 0 Å². The maximum absolute atomic E-state index is 13.3. The smallest absolute Gasteiger partial charge is 0.263 e. The fourth-order valence-corrected chi connectivity index (χ4v) is 6.05. The summed E-state index contributed by atoms with van der Waals surface area (Å²) in [5.74, 6) is 1.04. The van der Waals surface area contributed by atoms with E-state index in [1.54, 1.807) is 0 Å². The minimum absolute atomic E-state index is 0.00654. The lowest BCUT2D eigenvalue weighted by Crippen LogP contribution is -2.39. The van der Waals surface area contributed by atoms with Crippen LogP contribution in [0.2, 0.25) is 0 Å². The molecule has 2 aliphatic carbocycles. The minimum Gasteiger partial charge on any atom is -0.342 e. The molecule has 2 aromatic heterocycles. The molecule has 164 valence electrons. The fourth-order valence-electron chi connectivity index (χ4n) is 5.18. The molecule has 3 aromatic rings. The highest BCUT2D eigenvalue weighted by molar-refractivity contribution is 7.99. The van der Waals surface area contributed by atoms with Crippen molar-refractivity contribution in [1.29, 1.82) is 0 Å². The van der Waals surface area contributed by atoms with Crippen LogP contribution >= 0.6 is 11.8 Å². The second kappa shape index (κ2) is 8.65. The SMILES string of the molecule is CN(C(=O)CSc1nnc2n(C3CCCC3)c(=O)c3ccccc3n12)C1CCCCC1. The van der Waals surface area contributed by atoms with Gasteiger partial charge >= 0.3 is 0 Å². The molecule has 0 spiro atoms. The van der Waals surface area contributed by atoms with Gasteiger partial charge in [-0.3, -0.25) is 18.6 Å². The van der Waals surface area contributed by atoms with Gasteiger partial charge < -0.3 is 4.90 Å². The van der Waals surface area contributed by atoms with Gasteiger partial charge in [0.1, 0.15) is 0 Å². The molecule has 1 amide bonds. The Morgan fingerprint density at radius 3 is 2.55 bits per heavy atom. The molecule has 7 nitrogen and oxygen atoms in total. The number of para-hydroxylation sites is 1. The van der Waals surface area contributed by atoms with Crippen LogP contribution in [0.1, 0.15) is 63.8 Å². The van der Waals surface area contributed by atoms with E-state index in [4.69, 9.17) is 0 Å². The van der Waals surface area contributed by atoms with Crippen LogP contribution in [0, 0.1) is 0 Å². The fraction of sp³-hybridized carbons (Fsp3) is 0.565. The summed E-state index contributed by atoms with van der Waals surface area (Å²) in [6.45, 7) is 0. The van der Waals surface area contributed by atoms with Gasteiger partial charge in [-0.25, -0.2) is 0 Å². The van der Waals surface area contributed by atoms with Gasteiger partial charge in [-0.05, 0) is 37.8 Å². The Labute approximate surface area is 185 Å². The standard InChI is InChI=1S/C23H29N5O2S/c1-26(16-9-3-2-4-10-16)20(29)15-31-23-25-24-22-27(17-11-5-6-12-17)21(30)18-13-7-8-14-19(18)28(22)23/h7-8,13-14,16-17H,2-6,9-12,15H2,1H3. The van der Waals surface area contributed by atoms with E-state index in [1.807, 2.05) is 45.2 Å². The van der Waals surface area contributed by atoms with Crippen molar-refractivity contribution < 1.29 is 4.79 Å². The monoisotopic (exact) mass is 439 g/mol. The van der Waals surface area contributed by atoms with Crippen molar-refractivity contribution in [1.82, 2.24) is 24.1 Å². The molecule has 2 saturated carbocycles. The number of thioether (sulfide) groups is 1. The molecule has 0 radical (unpaired) electrons. The molecule has 8 heteroatoms. The van der Waals surface area contributed by atoms with E-state index in [1.165, 1.54) is 31.0 Å². The number of carbonyl (C=O) groups is 1. The molecule has 2 aliphatic rings. The van der Waals surface area contributed by atoms with Gasteiger partial charge in [0.15, 0.2) is 5.16 Å². The first-order chi connectivity index (χ1) is 15.1. The van der Waals surface area contributed by atoms with Crippen molar-refractivity contribution in [3.63, 3.8) is 0 Å². The normalized spacial score (nSPS) is 18.2. The summed E-state index contributed by atoms with van der Waals surface area (Å²) < 4.78 is 3.80. The van der Waals surface area contributed by atoms with Crippen molar-refractivity contribution in [2.24, 2.45) is 0 Å². The van der Waals surface area contributed by atoms with Gasteiger partial charge in [0.25, 0.3) is 5.56 Å². The van der Waals surface area contributed by atoms with Gasteiger partial charge in [-0.1, -0.05) is 56.0 Å². The Bertz CT molecular complexity index is 1160. The topological polar surface area (TPSA) is 72.5 Å². The van der Waals surface area contributed by atoms with E-state index < -0.39 is 0 Å². The van der Waals surface area contributed by atoms with Gasteiger partial charge in [-0.2, -0.15) is 0 Å². The average Bonchev–Trinajstić information content (AvgIpc) is 3.48. The molecule has 0 unspecified atom stereocenters. The van der Waals surface area contributed by atoms with E-state index in [-0.39, 0.29) is 17.5 Å². The van der Waals surface area contributed by atoms with E-state index in [9.17, 15) is 9.59 Å². The van der Waals surface area contributed by atoms with Crippen LogP contribution in [-0.4, -0.2) is 48.8 Å². The number of rotatable bonds is 5. The Morgan fingerprint density at radius 2 is 1.77 bits per heavy atom. The van der Waals surface area contributed by atoms with Crippen LogP contribution < -0.4 is 5.56 Å². The largest absolute Gasteiger partial charge is 0.342 e. The number of amides is 1. The first-order valence-electron chi connectivity index (χ1n) is 11.4. The number of fused-ring (bicyclic) bond motifs is 3. The summed E-state index contributed by atoms with van der Waals surface area (Å²) in [5, 5.41) is 10.2. The van der Waals surface area contributed by atoms with E-state index in [2.05, 4.69) is 10.2 Å². The summed E-state index contributed by atoms with van der Waals surface area (Å²) in [5.41, 5.74) is 0.810. The number of carbonyl (C=O) groups excluding carboxylic acids is 1. The number of benzene rings is 1. The van der Waals surface area contributed by atoms with Gasteiger partial charge in [0.2, 0.25) is 11.7 Å². The zero-order valence-electron chi connectivity index (χ0n) is 18.0. The Kier molecular flexibility index (Phi) is 5.73. The molecule has 0 N–H and O–H groups in total. The molecule has 2 heterocycles. The molecule has 31 heavy (non-hydrogen) atoms. The number of aromatic nitrogens is 4. The second-order valence-electron chi connectivity index (χ2n) is 8.83. The van der Waals surface area contributed by atoms with E-state index >= 15 is 0 Å². The van der Waals surface area contributed by atoms with Gasteiger partial charge in [-0.15, -0.1) is 10.2 Å². The van der Waals surface area contributed by atoms with Crippen LogP contribution in [0.15, 0.2) is 34.2 Å². The van der Waals surface area contributed by atoms with Gasteiger partial charge in [0, 0.05) is 19.1 Å². The van der Waals surface area contributed by atoms with E-state index in [0.717, 1.165) is 44.0 Å². The third-order valence-corrected chi connectivity index (χ3v) is 7.87. The first-order valence-corrected chi connectivity index (χ1v) is 12.4. The number of hydrogen-bond donors (Lipinski definition) is 0. The van der Waals surface area contributed by atoms with Crippen molar-refractivity contribution >= 4 is 34.3 Å². The summed E-state index contributed by atoms with van der Waals surface area (Å²) in [4.78, 5) is 28.1. The molecular weight excluding hydrogens is 410 g/mol. The molecule has 0 bridgehead atoms. The van der Waals surface area contributed by atoms with Crippen LogP contribution in [0.5, 0.6) is 0 Å². The van der Waals surface area contributed by atoms with Gasteiger partial charge in [0.05, 0.1) is 16.7 Å². The lowest BCUT2D eigenvalue weighted by Gasteiger charge is -2.31. The third kappa shape index (κ3) is 3.75. The maximum Gasteiger partial charge on any atom is 0.263 e. The molecule has 1 aromatic carbocycles. The minimum atomic E-state index is 0.00654. The van der Waals surface area contributed by atoms with Crippen LogP contribution in [-0.2, 0) is 4.79 Å². The predicted molar refractivity (Wildman–Crippen MR) is 123 cm³/mol. The molecule has 0 aliphatic heterocycles. The lowest BCUT2D eigenvalue weighted by atomic mass is 9.94. The van der Waals surface area contributed by atoms with Crippen LogP contribution in [0.25, 0.3) is 16.7 Å². The van der Waals surface area contributed by atoms with E-state index in [0.29, 0.717) is 28.1 Å². The zero-order chi connectivity index (χ0) is 21.4. The molecule has 0 atom stereocenters. The number of nitrogens with zero attached hydrogens (tertiary/aromatic N) is 5. The Balaban J connectivity index is 1.48. The second-order valence-corrected chi connectivity index (χ2v) is 9.78. The summed E-state index contributed by atoms with van der Waals surface area (Å²) >= 11 is 1.41. The van der Waals surface area contributed by atoms with Crippen molar-refractivity contribution in [2.75, 3.05) is 12.8 Å². The average molecular weight is 440 g/mol. The molecule has 2 fully saturated rings. The number of hydrogen-bond acceptors (Lipinski definition) is 5. The summed E-state index contributed by atoms with van der Waals surface area (Å²) in [6.07, 6.45) is 10.1. The summed E-state index contributed by atoms with van der Waals surface area (Å²) in [6, 6.07) is 8.16. The Hall–Kier alpha value is -2.35. The maximum atomic E-state index is 13.3. The molecule has 0 saturated heterocycles. The predicted octanol–water partition coefficient (Wildman–Crippen LogP) is 4.04. The van der Waals surface area contributed by atoms with Crippen molar-refractivity contribution in [3.05, 3.63) is 34.6 Å². The molecule has 5 rings (SSSR count). The lowest BCUT2D eigenvalue weighted by molar-refractivity contribution is -0.129. The first kappa shape index (κ1) is 20.5. The quantitative estimate of drug-likeness (QED) is 0.561. The van der Waals surface area contributed by atoms with Crippen LogP contribution in [0.3, 0.4) is 0 Å². The highest BCUT2D eigenvalue weighted by Gasteiger charge is 2.26. The highest BCUT2D eigenvalue weighted by atomic mass is 32.2. The summed E-state index contributed by atoms with van der Waals surface area (Å²) in [7, 11) is 1.92. The van der Waals surface area contributed by atoms with Crippen LogP contribution in [0.4, 0.5) is 0 Å². The highest BCUT2D eigenvalue weighted by Crippen LogP contribution is 2.31. The molecular formula is C23H29N5O2S. The Morgan fingerprint density at radius 1 is 1.06 bits per heavy atom. The van der Waals surface area contributed by atoms with Crippen molar-refractivity contribution in [2.45, 2.75) is 75.0 Å². The zero-order valence-corrected chi connectivity index (χ0v) is 18.8.